The summed E-state index contributed by atoms with van der Waals surface area (Å²) in [5, 5.41) is 2.80. The van der Waals surface area contributed by atoms with Crippen LogP contribution in [-0.4, -0.2) is 27.6 Å². The highest BCUT2D eigenvalue weighted by Gasteiger charge is 2.19. The number of carbonyl (C=O) groups is 1. The first kappa shape index (κ1) is 17.0. The van der Waals surface area contributed by atoms with E-state index in [-0.39, 0.29) is 5.91 Å². The number of rotatable bonds is 5. The number of para-hydroxylation sites is 1. The molecule has 0 aromatic heterocycles. The minimum atomic E-state index is -3.44. The summed E-state index contributed by atoms with van der Waals surface area (Å²) >= 11 is 0. The molecule has 5 nitrogen and oxygen atoms in total. The number of aryl methyl sites for hydroxylation is 1. The highest BCUT2D eigenvalue weighted by molar-refractivity contribution is 7.92. The second-order valence-electron chi connectivity index (χ2n) is 5.25. The number of hydrogen-bond acceptors (Lipinski definition) is 3. The Morgan fingerprint density at radius 3 is 2.26 bits per heavy atom. The number of nitrogens with one attached hydrogen (secondary N) is 1. The maximum Gasteiger partial charge on any atom is 0.257 e. The van der Waals surface area contributed by atoms with Gasteiger partial charge in [0.1, 0.15) is 0 Å². The molecule has 1 amide bonds. The first-order chi connectivity index (χ1) is 10.8. The van der Waals surface area contributed by atoms with E-state index in [1.54, 1.807) is 24.3 Å². The molecule has 0 spiro atoms. The van der Waals surface area contributed by atoms with Crippen molar-refractivity contribution in [2.45, 2.75) is 13.3 Å². The number of anilines is 2. The van der Waals surface area contributed by atoms with Crippen molar-refractivity contribution >= 4 is 27.3 Å². The summed E-state index contributed by atoms with van der Waals surface area (Å²) in [6.07, 6.45) is 2.03. The molecule has 0 heterocycles. The molecule has 0 aliphatic carbocycles. The van der Waals surface area contributed by atoms with Gasteiger partial charge in [-0.15, -0.1) is 0 Å². The van der Waals surface area contributed by atoms with Gasteiger partial charge in [-0.1, -0.05) is 31.2 Å². The van der Waals surface area contributed by atoms with Gasteiger partial charge in [-0.3, -0.25) is 9.10 Å². The Kier molecular flexibility index (Phi) is 5.05. The third-order valence-corrected chi connectivity index (χ3v) is 4.80. The molecule has 0 aliphatic rings. The number of nitrogens with zero attached hydrogens (tertiary/aromatic N) is 1. The Bertz CT molecular complexity index is 799. The van der Waals surface area contributed by atoms with Crippen molar-refractivity contribution in [3.05, 3.63) is 59.7 Å². The van der Waals surface area contributed by atoms with Gasteiger partial charge >= 0.3 is 0 Å². The van der Waals surface area contributed by atoms with E-state index in [0.29, 0.717) is 16.9 Å². The molecule has 6 heteroatoms. The zero-order chi connectivity index (χ0) is 17.0. The monoisotopic (exact) mass is 332 g/mol. The van der Waals surface area contributed by atoms with Crippen molar-refractivity contribution < 1.29 is 13.2 Å². The Balaban J connectivity index is 2.29. The Hall–Kier alpha value is -2.34. The van der Waals surface area contributed by atoms with Crippen LogP contribution < -0.4 is 9.62 Å². The minimum absolute atomic E-state index is 0.306. The van der Waals surface area contributed by atoms with E-state index in [1.807, 2.05) is 24.3 Å². The van der Waals surface area contributed by atoms with Crippen LogP contribution in [0.4, 0.5) is 11.4 Å². The molecule has 0 radical (unpaired) electrons. The maximum atomic E-state index is 12.5. The topological polar surface area (TPSA) is 66.5 Å². The van der Waals surface area contributed by atoms with E-state index in [2.05, 4.69) is 12.2 Å². The molecule has 2 aromatic rings. The van der Waals surface area contributed by atoms with Crippen LogP contribution >= 0.6 is 0 Å². The molecule has 1 N–H and O–H groups in total. The summed E-state index contributed by atoms with van der Waals surface area (Å²) in [5.74, 6) is -0.347. The first-order valence-electron chi connectivity index (χ1n) is 7.26. The van der Waals surface area contributed by atoms with Gasteiger partial charge < -0.3 is 5.32 Å². The lowest BCUT2D eigenvalue weighted by atomic mass is 10.1. The Morgan fingerprint density at radius 1 is 1.09 bits per heavy atom. The molecular formula is C17H20N2O3S. The van der Waals surface area contributed by atoms with E-state index in [9.17, 15) is 13.2 Å². The summed E-state index contributed by atoms with van der Waals surface area (Å²) in [7, 11) is -2.01. The molecule has 0 atom stereocenters. The molecule has 0 saturated heterocycles. The van der Waals surface area contributed by atoms with Crippen molar-refractivity contribution in [3.63, 3.8) is 0 Å². The fourth-order valence-electron chi connectivity index (χ4n) is 2.14. The quantitative estimate of drug-likeness (QED) is 0.915. The van der Waals surface area contributed by atoms with Gasteiger partial charge in [-0.25, -0.2) is 8.42 Å². The van der Waals surface area contributed by atoms with Crippen LogP contribution in [0.3, 0.4) is 0 Å². The molecule has 0 saturated carbocycles. The second kappa shape index (κ2) is 6.83. The van der Waals surface area contributed by atoms with Crippen molar-refractivity contribution in [1.82, 2.24) is 0 Å². The van der Waals surface area contributed by atoms with Gasteiger partial charge in [0.2, 0.25) is 10.0 Å². The molecule has 23 heavy (non-hydrogen) atoms. The van der Waals surface area contributed by atoms with Gasteiger partial charge in [0.25, 0.3) is 5.91 Å². The third kappa shape index (κ3) is 4.10. The highest BCUT2D eigenvalue weighted by Crippen LogP contribution is 2.22. The van der Waals surface area contributed by atoms with Crippen molar-refractivity contribution in [1.29, 1.82) is 0 Å². The van der Waals surface area contributed by atoms with E-state index in [0.717, 1.165) is 17.0 Å². The highest BCUT2D eigenvalue weighted by atomic mass is 32.2. The summed E-state index contributed by atoms with van der Waals surface area (Å²) in [5.41, 5.74) is 2.50. The van der Waals surface area contributed by atoms with Crippen LogP contribution in [0, 0.1) is 0 Å². The lowest BCUT2D eigenvalue weighted by Gasteiger charge is -2.19. The summed E-state index contributed by atoms with van der Waals surface area (Å²) in [6.45, 7) is 2.06. The second-order valence-corrected chi connectivity index (χ2v) is 7.27. The van der Waals surface area contributed by atoms with Gasteiger partial charge in [-0.2, -0.15) is 0 Å². The molecule has 2 aromatic carbocycles. The van der Waals surface area contributed by atoms with Crippen LogP contribution in [0.2, 0.25) is 0 Å². The Morgan fingerprint density at radius 2 is 1.70 bits per heavy atom. The molecule has 0 bridgehead atoms. The summed E-state index contributed by atoms with van der Waals surface area (Å²) in [4.78, 5) is 12.5. The van der Waals surface area contributed by atoms with E-state index >= 15 is 0 Å². The van der Waals surface area contributed by atoms with Gasteiger partial charge in [0.15, 0.2) is 0 Å². The van der Waals surface area contributed by atoms with Crippen LogP contribution in [0.15, 0.2) is 48.5 Å². The molecule has 0 fully saturated rings. The van der Waals surface area contributed by atoms with E-state index in [4.69, 9.17) is 0 Å². The predicted molar refractivity (Wildman–Crippen MR) is 93.5 cm³/mol. The number of carbonyl (C=O) groups excluding carboxylic acids is 1. The zero-order valence-electron chi connectivity index (χ0n) is 13.4. The molecule has 0 aliphatic heterocycles. The van der Waals surface area contributed by atoms with Crippen molar-refractivity contribution in [2.24, 2.45) is 0 Å². The lowest BCUT2D eigenvalue weighted by Crippen LogP contribution is -2.27. The van der Waals surface area contributed by atoms with Crippen LogP contribution in [0.5, 0.6) is 0 Å². The van der Waals surface area contributed by atoms with Crippen LogP contribution in [0.25, 0.3) is 0 Å². The third-order valence-electron chi connectivity index (χ3n) is 3.61. The summed E-state index contributed by atoms with van der Waals surface area (Å²) < 4.78 is 24.6. The molecule has 122 valence electrons. The van der Waals surface area contributed by atoms with Crippen molar-refractivity contribution in [2.75, 3.05) is 22.9 Å². The van der Waals surface area contributed by atoms with Gasteiger partial charge in [0.05, 0.1) is 17.5 Å². The number of sulfonamides is 1. The lowest BCUT2D eigenvalue weighted by molar-refractivity contribution is 0.102. The standard InChI is InChI=1S/C17H20N2O3S/c1-4-13-9-11-14(12-10-13)18-17(20)15-7-5-6-8-16(15)19(2)23(3,21)22/h5-12H,4H2,1-3H3,(H,18,20). The Labute approximate surface area is 137 Å². The van der Waals surface area contributed by atoms with Gasteiger partial charge in [-0.05, 0) is 36.2 Å². The van der Waals surface area contributed by atoms with E-state index < -0.39 is 10.0 Å². The largest absolute Gasteiger partial charge is 0.322 e. The zero-order valence-corrected chi connectivity index (χ0v) is 14.2. The number of amides is 1. The normalized spacial score (nSPS) is 11.1. The fourth-order valence-corrected chi connectivity index (χ4v) is 2.66. The summed E-state index contributed by atoms with van der Waals surface area (Å²) in [6, 6.07) is 14.2. The number of hydrogen-bond donors (Lipinski definition) is 1. The first-order valence-corrected chi connectivity index (χ1v) is 9.11. The van der Waals surface area contributed by atoms with Crippen molar-refractivity contribution in [3.8, 4) is 0 Å². The van der Waals surface area contributed by atoms with Gasteiger partial charge in [0, 0.05) is 12.7 Å². The SMILES string of the molecule is CCc1ccc(NC(=O)c2ccccc2N(C)S(C)(=O)=O)cc1. The smallest absolute Gasteiger partial charge is 0.257 e. The average molecular weight is 332 g/mol. The van der Waals surface area contributed by atoms with Crippen LogP contribution in [0.1, 0.15) is 22.8 Å². The predicted octanol–water partition coefficient (Wildman–Crippen LogP) is 2.90. The number of benzene rings is 2. The van der Waals surface area contributed by atoms with Crippen LogP contribution in [-0.2, 0) is 16.4 Å². The van der Waals surface area contributed by atoms with E-state index in [1.165, 1.54) is 12.6 Å². The minimum Gasteiger partial charge on any atom is -0.322 e. The molecular weight excluding hydrogens is 312 g/mol. The molecule has 0 unspecified atom stereocenters. The maximum absolute atomic E-state index is 12.5. The molecule has 2 rings (SSSR count). The average Bonchev–Trinajstić information content (AvgIpc) is 2.54. The fraction of sp³-hybridized carbons (Fsp3) is 0.235.